The van der Waals surface area contributed by atoms with Gasteiger partial charge in [0.25, 0.3) is 0 Å². The first kappa shape index (κ1) is 15.5. The van der Waals surface area contributed by atoms with E-state index in [0.717, 1.165) is 11.1 Å². The zero-order valence-electron chi connectivity index (χ0n) is 12.5. The molecule has 0 unspecified atom stereocenters. The summed E-state index contributed by atoms with van der Waals surface area (Å²) in [5.41, 5.74) is 2.72. The van der Waals surface area contributed by atoms with E-state index in [2.05, 4.69) is 5.16 Å². The van der Waals surface area contributed by atoms with Gasteiger partial charge in [-0.1, -0.05) is 71.9 Å². The molecule has 0 fully saturated rings. The number of hydrogen-bond acceptors (Lipinski definition) is 4. The van der Waals surface area contributed by atoms with E-state index in [1.807, 2.05) is 60.7 Å². The number of carbonyl (C=O) groups is 1. The van der Waals surface area contributed by atoms with E-state index >= 15 is 0 Å². The van der Waals surface area contributed by atoms with Crippen molar-refractivity contribution in [3.63, 3.8) is 0 Å². The number of nitrogens with zero attached hydrogens (tertiary/aromatic N) is 1. The monoisotopic (exact) mass is 295 g/mol. The number of methoxy groups -OCH3 is 1. The Morgan fingerprint density at radius 3 is 2.32 bits per heavy atom. The summed E-state index contributed by atoms with van der Waals surface area (Å²) in [6.07, 6.45) is 3.90. The smallest absolute Gasteiger partial charge is 0.360 e. The lowest BCUT2D eigenvalue weighted by Gasteiger charge is -2.07. The van der Waals surface area contributed by atoms with E-state index in [1.54, 1.807) is 6.07 Å². The molecule has 0 aromatic heterocycles. The van der Waals surface area contributed by atoms with Crippen LogP contribution in [0.5, 0.6) is 0 Å². The number of ether oxygens (including phenoxy) is 1. The van der Waals surface area contributed by atoms with Crippen LogP contribution in [-0.2, 0) is 14.4 Å². The molecule has 0 saturated carbocycles. The van der Waals surface area contributed by atoms with Gasteiger partial charge in [0, 0.05) is 5.56 Å². The normalized spacial score (nSPS) is 11.5. The van der Waals surface area contributed by atoms with Gasteiger partial charge in [-0.3, -0.25) is 0 Å². The minimum Gasteiger partial charge on any atom is -0.464 e. The number of carbonyl (C=O) groups excluding carboxylic acids is 1. The highest BCUT2D eigenvalue weighted by atomic mass is 16.6. The molecule has 0 amide bonds. The summed E-state index contributed by atoms with van der Waals surface area (Å²) >= 11 is 0. The molecule has 0 atom stereocenters. The Labute approximate surface area is 129 Å². The van der Waals surface area contributed by atoms with Crippen molar-refractivity contribution in [2.45, 2.75) is 0 Å². The van der Waals surface area contributed by atoms with Gasteiger partial charge < -0.3 is 9.57 Å². The van der Waals surface area contributed by atoms with Crippen LogP contribution in [-0.4, -0.2) is 25.9 Å². The Morgan fingerprint density at radius 1 is 0.955 bits per heavy atom. The lowest BCUT2D eigenvalue weighted by molar-refractivity contribution is -0.132. The molecule has 4 heteroatoms. The Bertz CT molecular complexity index is 690. The fraction of sp³-hybridized carbons (Fsp3) is 0.111. The van der Waals surface area contributed by atoms with Crippen LogP contribution in [0, 0.1) is 0 Å². The van der Waals surface area contributed by atoms with Gasteiger partial charge in [0.15, 0.2) is 5.71 Å². The first-order chi connectivity index (χ1) is 10.8. The van der Waals surface area contributed by atoms with E-state index in [4.69, 9.17) is 9.57 Å². The van der Waals surface area contributed by atoms with Crippen molar-refractivity contribution in [2.24, 2.45) is 5.16 Å². The van der Waals surface area contributed by atoms with Crippen LogP contribution in [0.4, 0.5) is 0 Å². The van der Waals surface area contributed by atoms with Crippen LogP contribution >= 0.6 is 0 Å². The largest absolute Gasteiger partial charge is 0.464 e. The molecule has 4 nitrogen and oxygen atoms in total. The van der Waals surface area contributed by atoms with Gasteiger partial charge in [0.05, 0.1) is 7.11 Å². The number of esters is 1. The maximum atomic E-state index is 11.9. The summed E-state index contributed by atoms with van der Waals surface area (Å²) in [6, 6.07) is 17.4. The summed E-state index contributed by atoms with van der Waals surface area (Å²) in [5, 5.41) is 3.79. The minimum absolute atomic E-state index is 0.137. The molecule has 0 N–H and O–H groups in total. The third-order valence-corrected chi connectivity index (χ3v) is 3.03. The van der Waals surface area contributed by atoms with Gasteiger partial charge in [-0.25, -0.2) is 4.79 Å². The average Bonchev–Trinajstić information content (AvgIpc) is 2.58. The SMILES string of the molecule is CON=C(C(=O)OC)c1ccccc1C=Cc1ccccc1. The second kappa shape index (κ2) is 7.78. The molecule has 22 heavy (non-hydrogen) atoms. The standard InChI is InChI=1S/C18H17NO3/c1-21-18(20)17(19-22-2)16-11-7-6-10-15(16)13-12-14-8-4-3-5-9-14/h3-13H,1-2H3. The first-order valence-corrected chi connectivity index (χ1v) is 6.78. The van der Waals surface area contributed by atoms with E-state index < -0.39 is 5.97 Å². The van der Waals surface area contributed by atoms with Gasteiger partial charge in [-0.05, 0) is 11.1 Å². The lowest BCUT2D eigenvalue weighted by Crippen LogP contribution is -2.18. The molecule has 0 heterocycles. The predicted octanol–water partition coefficient (Wildman–Crippen LogP) is 3.38. The lowest BCUT2D eigenvalue weighted by atomic mass is 10.0. The predicted molar refractivity (Wildman–Crippen MR) is 87.4 cm³/mol. The highest BCUT2D eigenvalue weighted by Crippen LogP contribution is 2.15. The van der Waals surface area contributed by atoms with Crippen molar-refractivity contribution in [1.29, 1.82) is 0 Å². The van der Waals surface area contributed by atoms with Crippen molar-refractivity contribution < 1.29 is 14.4 Å². The number of rotatable bonds is 5. The van der Waals surface area contributed by atoms with Gasteiger partial charge in [0.1, 0.15) is 7.11 Å². The second-order valence-electron chi connectivity index (χ2n) is 4.45. The van der Waals surface area contributed by atoms with Crippen molar-refractivity contribution in [1.82, 2.24) is 0 Å². The van der Waals surface area contributed by atoms with Crippen molar-refractivity contribution in [2.75, 3.05) is 14.2 Å². The number of benzene rings is 2. The molecule has 0 saturated heterocycles. The van der Waals surface area contributed by atoms with Crippen LogP contribution in [0.1, 0.15) is 16.7 Å². The van der Waals surface area contributed by atoms with Crippen LogP contribution in [0.25, 0.3) is 12.2 Å². The van der Waals surface area contributed by atoms with E-state index in [1.165, 1.54) is 14.2 Å². The molecule has 0 spiro atoms. The fourth-order valence-electron chi connectivity index (χ4n) is 1.99. The van der Waals surface area contributed by atoms with Crippen LogP contribution in [0.2, 0.25) is 0 Å². The number of oxime groups is 1. The van der Waals surface area contributed by atoms with E-state index in [-0.39, 0.29) is 5.71 Å². The molecule has 112 valence electrons. The zero-order valence-corrected chi connectivity index (χ0v) is 12.5. The molecule has 0 bridgehead atoms. The molecule has 0 aliphatic rings. The number of hydrogen-bond donors (Lipinski definition) is 0. The summed E-state index contributed by atoms with van der Waals surface area (Å²) in [4.78, 5) is 16.6. The van der Waals surface area contributed by atoms with Gasteiger partial charge in [0.2, 0.25) is 0 Å². The van der Waals surface area contributed by atoms with Gasteiger partial charge in [-0.2, -0.15) is 0 Å². The van der Waals surface area contributed by atoms with Crippen LogP contribution in [0.15, 0.2) is 59.8 Å². The third-order valence-electron chi connectivity index (χ3n) is 3.03. The van der Waals surface area contributed by atoms with Crippen LogP contribution < -0.4 is 0 Å². The van der Waals surface area contributed by atoms with E-state index in [9.17, 15) is 4.79 Å². The van der Waals surface area contributed by atoms with E-state index in [0.29, 0.717) is 5.56 Å². The molecule has 0 aliphatic carbocycles. The fourth-order valence-corrected chi connectivity index (χ4v) is 1.99. The van der Waals surface area contributed by atoms with Gasteiger partial charge in [-0.15, -0.1) is 0 Å². The summed E-state index contributed by atoms with van der Waals surface area (Å²) in [7, 11) is 2.71. The highest BCUT2D eigenvalue weighted by Gasteiger charge is 2.17. The quantitative estimate of drug-likeness (QED) is 0.368. The molecule has 2 rings (SSSR count). The highest BCUT2D eigenvalue weighted by molar-refractivity contribution is 6.43. The third kappa shape index (κ3) is 3.82. The summed E-state index contributed by atoms with van der Waals surface area (Å²) in [6.45, 7) is 0. The average molecular weight is 295 g/mol. The molecular formula is C18H17NO3. The Hall–Kier alpha value is -2.88. The zero-order chi connectivity index (χ0) is 15.8. The van der Waals surface area contributed by atoms with Crippen LogP contribution in [0.3, 0.4) is 0 Å². The van der Waals surface area contributed by atoms with Gasteiger partial charge >= 0.3 is 5.97 Å². The first-order valence-electron chi connectivity index (χ1n) is 6.78. The van der Waals surface area contributed by atoms with Crippen molar-refractivity contribution in [3.8, 4) is 0 Å². The molecule has 2 aromatic rings. The Morgan fingerprint density at radius 2 is 1.64 bits per heavy atom. The topological polar surface area (TPSA) is 47.9 Å². The molecular weight excluding hydrogens is 278 g/mol. The Kier molecular flexibility index (Phi) is 5.49. The molecule has 0 radical (unpaired) electrons. The Balaban J connectivity index is 2.40. The summed E-state index contributed by atoms with van der Waals surface area (Å²) in [5.74, 6) is -0.539. The maximum absolute atomic E-state index is 11.9. The molecule has 0 aliphatic heterocycles. The maximum Gasteiger partial charge on any atom is 0.360 e. The van der Waals surface area contributed by atoms with Crippen molar-refractivity contribution in [3.05, 3.63) is 71.3 Å². The summed E-state index contributed by atoms with van der Waals surface area (Å²) < 4.78 is 4.76. The van der Waals surface area contributed by atoms with Crippen molar-refractivity contribution >= 4 is 23.8 Å². The second-order valence-corrected chi connectivity index (χ2v) is 4.45. The minimum atomic E-state index is -0.539. The molecule has 2 aromatic carbocycles.